The van der Waals surface area contributed by atoms with Gasteiger partial charge >= 0.3 is 5.97 Å². The van der Waals surface area contributed by atoms with Crippen molar-refractivity contribution < 1.29 is 15.0 Å². The lowest BCUT2D eigenvalue weighted by Gasteiger charge is -2.38. The summed E-state index contributed by atoms with van der Waals surface area (Å²) in [6.45, 7) is 0.410. The van der Waals surface area contributed by atoms with Crippen molar-refractivity contribution in [3.63, 3.8) is 0 Å². The van der Waals surface area contributed by atoms with Gasteiger partial charge in [-0.05, 0) is 41.3 Å². The summed E-state index contributed by atoms with van der Waals surface area (Å²) in [6.07, 6.45) is 4.78. The van der Waals surface area contributed by atoms with Gasteiger partial charge in [0.2, 0.25) is 0 Å². The first kappa shape index (κ1) is 13.3. The highest BCUT2D eigenvalue weighted by atomic mass is 79.9. The number of halogens is 1. The number of carboxylic acids is 1. The molecule has 5 nitrogen and oxygen atoms in total. The Hall–Kier alpha value is -1.14. The maximum atomic E-state index is 11.3. The van der Waals surface area contributed by atoms with Crippen molar-refractivity contribution in [3.8, 4) is 0 Å². The Bertz CT molecular complexity index is 449. The molecule has 0 atom stereocenters. The SMILES string of the molecule is O=C(O)c1cc(Br)cnc1N(CCO)C1CCC1. The zero-order chi connectivity index (χ0) is 13.1. The number of carboxylic acid groups (broad SMARTS) is 1. The molecule has 1 aliphatic rings. The molecule has 0 aliphatic heterocycles. The number of hydrogen-bond donors (Lipinski definition) is 2. The molecule has 0 amide bonds. The maximum absolute atomic E-state index is 11.3. The van der Waals surface area contributed by atoms with Crippen LogP contribution in [0.1, 0.15) is 29.6 Å². The Labute approximate surface area is 114 Å². The zero-order valence-corrected chi connectivity index (χ0v) is 11.4. The largest absolute Gasteiger partial charge is 0.478 e. The van der Waals surface area contributed by atoms with Gasteiger partial charge in [-0.3, -0.25) is 0 Å². The van der Waals surface area contributed by atoms with Crippen LogP contribution in [-0.2, 0) is 0 Å². The Kier molecular flexibility index (Phi) is 4.19. The van der Waals surface area contributed by atoms with Gasteiger partial charge in [0.1, 0.15) is 11.4 Å². The molecule has 1 fully saturated rings. The van der Waals surface area contributed by atoms with Crippen LogP contribution in [0.15, 0.2) is 16.7 Å². The number of pyridine rings is 1. The van der Waals surface area contributed by atoms with Crippen LogP contribution in [0.3, 0.4) is 0 Å². The van der Waals surface area contributed by atoms with E-state index in [9.17, 15) is 9.90 Å². The highest BCUT2D eigenvalue weighted by Gasteiger charge is 2.28. The summed E-state index contributed by atoms with van der Waals surface area (Å²) in [4.78, 5) is 17.4. The number of aliphatic hydroxyl groups excluding tert-OH is 1. The molecule has 0 saturated heterocycles. The molecule has 0 unspecified atom stereocenters. The minimum absolute atomic E-state index is 0.00664. The van der Waals surface area contributed by atoms with E-state index < -0.39 is 5.97 Å². The van der Waals surface area contributed by atoms with Gasteiger partial charge in [-0.15, -0.1) is 0 Å². The van der Waals surface area contributed by atoms with E-state index in [1.807, 2.05) is 4.90 Å². The van der Waals surface area contributed by atoms with E-state index in [0.29, 0.717) is 22.9 Å². The smallest absolute Gasteiger partial charge is 0.339 e. The third-order valence-corrected chi connectivity index (χ3v) is 3.63. The van der Waals surface area contributed by atoms with Gasteiger partial charge in [-0.1, -0.05) is 0 Å². The van der Waals surface area contributed by atoms with Crippen LogP contribution in [0.2, 0.25) is 0 Å². The predicted octanol–water partition coefficient (Wildman–Crippen LogP) is 1.89. The molecule has 1 heterocycles. The summed E-state index contributed by atoms with van der Waals surface area (Å²) in [5.41, 5.74) is 0.171. The lowest BCUT2D eigenvalue weighted by molar-refractivity contribution is 0.0696. The van der Waals surface area contributed by atoms with Crippen molar-refractivity contribution in [2.24, 2.45) is 0 Å². The molecule has 18 heavy (non-hydrogen) atoms. The fraction of sp³-hybridized carbons (Fsp3) is 0.500. The molecular weight excluding hydrogens is 300 g/mol. The van der Waals surface area contributed by atoms with Gasteiger partial charge in [0, 0.05) is 23.3 Å². The van der Waals surface area contributed by atoms with Crippen LogP contribution in [-0.4, -0.2) is 40.4 Å². The average Bonchev–Trinajstić information content (AvgIpc) is 2.26. The summed E-state index contributed by atoms with van der Waals surface area (Å²) in [5.74, 6) is -0.550. The number of rotatable bonds is 5. The first-order valence-electron chi connectivity index (χ1n) is 5.90. The normalized spacial score (nSPS) is 15.2. The monoisotopic (exact) mass is 314 g/mol. The molecule has 98 valence electrons. The lowest BCUT2D eigenvalue weighted by atomic mass is 9.91. The molecule has 2 N–H and O–H groups in total. The molecule has 2 rings (SSSR count). The Morgan fingerprint density at radius 2 is 2.28 bits per heavy atom. The van der Waals surface area contributed by atoms with Crippen molar-refractivity contribution in [3.05, 3.63) is 22.3 Å². The van der Waals surface area contributed by atoms with Gasteiger partial charge < -0.3 is 15.1 Å². The quantitative estimate of drug-likeness (QED) is 0.868. The topological polar surface area (TPSA) is 73.7 Å². The third-order valence-electron chi connectivity index (χ3n) is 3.19. The Morgan fingerprint density at radius 3 is 2.78 bits per heavy atom. The maximum Gasteiger partial charge on any atom is 0.339 e. The number of nitrogens with zero attached hydrogens (tertiary/aromatic N) is 2. The molecular formula is C12H15BrN2O3. The summed E-state index contributed by atoms with van der Waals surface area (Å²) < 4.78 is 0.640. The second-order valence-electron chi connectivity index (χ2n) is 4.33. The molecule has 0 bridgehead atoms. The van der Waals surface area contributed by atoms with Crippen LogP contribution in [0.4, 0.5) is 5.82 Å². The molecule has 0 aromatic carbocycles. The predicted molar refractivity (Wildman–Crippen MR) is 71.0 cm³/mol. The second kappa shape index (κ2) is 5.67. The van der Waals surface area contributed by atoms with Crippen molar-refractivity contribution in [2.75, 3.05) is 18.1 Å². The van der Waals surface area contributed by atoms with Crippen molar-refractivity contribution in [1.82, 2.24) is 4.98 Å². The minimum Gasteiger partial charge on any atom is -0.478 e. The first-order chi connectivity index (χ1) is 8.63. The number of hydrogen-bond acceptors (Lipinski definition) is 4. The average molecular weight is 315 g/mol. The highest BCUT2D eigenvalue weighted by molar-refractivity contribution is 9.10. The van der Waals surface area contributed by atoms with Crippen LogP contribution in [0, 0.1) is 0 Å². The number of anilines is 1. The summed E-state index contributed by atoms with van der Waals surface area (Å²) >= 11 is 3.23. The van der Waals surface area contributed by atoms with E-state index in [1.54, 1.807) is 12.3 Å². The van der Waals surface area contributed by atoms with Gasteiger partial charge in [-0.25, -0.2) is 9.78 Å². The molecule has 1 saturated carbocycles. The molecule has 0 radical (unpaired) electrons. The molecule has 1 aromatic rings. The number of aliphatic hydroxyl groups is 1. The van der Waals surface area contributed by atoms with Gasteiger partial charge in [-0.2, -0.15) is 0 Å². The van der Waals surface area contributed by atoms with Crippen LogP contribution in [0.25, 0.3) is 0 Å². The lowest BCUT2D eigenvalue weighted by Crippen LogP contribution is -2.43. The summed E-state index contributed by atoms with van der Waals surface area (Å²) in [7, 11) is 0. The zero-order valence-electron chi connectivity index (χ0n) is 9.84. The van der Waals surface area contributed by atoms with E-state index in [2.05, 4.69) is 20.9 Å². The molecule has 1 aliphatic carbocycles. The van der Waals surface area contributed by atoms with Crippen LogP contribution >= 0.6 is 15.9 Å². The minimum atomic E-state index is -0.999. The number of carbonyl (C=O) groups is 1. The van der Waals surface area contributed by atoms with E-state index >= 15 is 0 Å². The molecule has 0 spiro atoms. The van der Waals surface area contributed by atoms with E-state index in [0.717, 1.165) is 19.3 Å². The Balaban J connectivity index is 2.36. The van der Waals surface area contributed by atoms with Gasteiger partial charge in [0.05, 0.1) is 6.61 Å². The van der Waals surface area contributed by atoms with E-state index in [1.165, 1.54) is 0 Å². The van der Waals surface area contributed by atoms with Crippen molar-refractivity contribution in [1.29, 1.82) is 0 Å². The number of aromatic nitrogens is 1. The summed E-state index contributed by atoms with van der Waals surface area (Å²) in [6, 6.07) is 1.84. The fourth-order valence-corrected chi connectivity index (χ4v) is 2.42. The van der Waals surface area contributed by atoms with Crippen molar-refractivity contribution in [2.45, 2.75) is 25.3 Å². The molecule has 6 heteroatoms. The highest BCUT2D eigenvalue weighted by Crippen LogP contribution is 2.31. The van der Waals surface area contributed by atoms with Crippen molar-refractivity contribution >= 4 is 27.7 Å². The van der Waals surface area contributed by atoms with Gasteiger partial charge in [0.25, 0.3) is 0 Å². The molecule has 1 aromatic heterocycles. The third kappa shape index (κ3) is 2.64. The fourth-order valence-electron chi connectivity index (χ4n) is 2.09. The van der Waals surface area contributed by atoms with Gasteiger partial charge in [0.15, 0.2) is 0 Å². The van der Waals surface area contributed by atoms with E-state index in [4.69, 9.17) is 5.11 Å². The van der Waals surface area contributed by atoms with Crippen LogP contribution < -0.4 is 4.90 Å². The van der Waals surface area contributed by atoms with E-state index in [-0.39, 0.29) is 12.2 Å². The van der Waals surface area contributed by atoms with Crippen LogP contribution in [0.5, 0.6) is 0 Å². The number of aromatic carboxylic acids is 1. The first-order valence-corrected chi connectivity index (χ1v) is 6.69. The standard InChI is InChI=1S/C12H15BrN2O3/c13-8-6-10(12(17)18)11(14-7-8)15(4-5-16)9-2-1-3-9/h6-7,9,16H,1-5H2,(H,17,18). The summed E-state index contributed by atoms with van der Waals surface area (Å²) in [5, 5.41) is 18.4. The Morgan fingerprint density at radius 1 is 1.56 bits per heavy atom. The second-order valence-corrected chi connectivity index (χ2v) is 5.25.